The van der Waals surface area contributed by atoms with Gasteiger partial charge in [0.15, 0.2) is 6.10 Å². The zero-order valence-corrected chi connectivity index (χ0v) is 9.07. The fourth-order valence-electron chi connectivity index (χ4n) is 1.92. The van der Waals surface area contributed by atoms with Crippen molar-refractivity contribution in [1.29, 1.82) is 5.26 Å². The Bertz CT molecular complexity index is 241. The molecule has 0 unspecified atom stereocenters. The summed E-state index contributed by atoms with van der Waals surface area (Å²) in [6.07, 6.45) is 4.03. The highest BCUT2D eigenvalue weighted by atomic mass is 16.7. The highest BCUT2D eigenvalue weighted by molar-refractivity contribution is 5.60. The maximum atomic E-state index is 11.1. The molecule has 0 aromatic heterocycles. The first-order valence-electron chi connectivity index (χ1n) is 5.51. The molecular formula is C11H17NO3. The predicted molar refractivity (Wildman–Crippen MR) is 54.1 cm³/mol. The summed E-state index contributed by atoms with van der Waals surface area (Å²) in [4.78, 5) is 11.1. The van der Waals surface area contributed by atoms with E-state index in [0.29, 0.717) is 0 Å². The van der Waals surface area contributed by atoms with Crippen LogP contribution in [0.25, 0.3) is 0 Å². The maximum absolute atomic E-state index is 11.1. The molecule has 4 nitrogen and oxygen atoms in total. The Labute approximate surface area is 90.2 Å². The van der Waals surface area contributed by atoms with Gasteiger partial charge >= 0.3 is 6.16 Å². The summed E-state index contributed by atoms with van der Waals surface area (Å²) < 4.78 is 9.61. The minimum atomic E-state index is -0.727. The van der Waals surface area contributed by atoms with Crippen LogP contribution in [0.15, 0.2) is 0 Å². The molecule has 1 atom stereocenters. The first-order chi connectivity index (χ1) is 7.27. The smallest absolute Gasteiger partial charge is 0.435 e. The van der Waals surface area contributed by atoms with Crippen LogP contribution in [0.5, 0.6) is 0 Å². The van der Waals surface area contributed by atoms with Crippen molar-refractivity contribution in [3.8, 4) is 6.07 Å². The summed E-state index contributed by atoms with van der Waals surface area (Å²) >= 11 is 0. The SMILES string of the molecule is CCOC(=O)O[C@@H](C#N)C1CCCCC1. The van der Waals surface area contributed by atoms with Crippen molar-refractivity contribution in [1.82, 2.24) is 0 Å². The fourth-order valence-corrected chi connectivity index (χ4v) is 1.92. The summed E-state index contributed by atoms with van der Waals surface area (Å²) in [5, 5.41) is 8.91. The van der Waals surface area contributed by atoms with Crippen molar-refractivity contribution in [3.05, 3.63) is 0 Å². The van der Waals surface area contributed by atoms with Gasteiger partial charge in [-0.2, -0.15) is 5.26 Å². The molecule has 1 fully saturated rings. The van der Waals surface area contributed by atoms with E-state index in [1.54, 1.807) is 6.92 Å². The number of nitriles is 1. The lowest BCUT2D eigenvalue weighted by atomic mass is 9.86. The third kappa shape index (κ3) is 3.78. The van der Waals surface area contributed by atoms with E-state index in [1.807, 2.05) is 6.07 Å². The first-order valence-corrected chi connectivity index (χ1v) is 5.51. The number of rotatable bonds is 3. The second-order valence-corrected chi connectivity index (χ2v) is 3.75. The molecule has 0 amide bonds. The van der Waals surface area contributed by atoms with Gasteiger partial charge in [0.05, 0.1) is 6.61 Å². The van der Waals surface area contributed by atoms with Crippen molar-refractivity contribution in [2.24, 2.45) is 5.92 Å². The Morgan fingerprint density at radius 1 is 1.47 bits per heavy atom. The summed E-state index contributed by atoms with van der Waals surface area (Å²) in [5.74, 6) is 0.188. The van der Waals surface area contributed by atoms with E-state index in [2.05, 4.69) is 4.74 Å². The van der Waals surface area contributed by atoms with Crippen LogP contribution in [0.4, 0.5) is 4.79 Å². The molecule has 0 saturated heterocycles. The number of ether oxygens (including phenoxy) is 2. The van der Waals surface area contributed by atoms with Crippen LogP contribution in [0, 0.1) is 17.2 Å². The monoisotopic (exact) mass is 211 g/mol. The van der Waals surface area contributed by atoms with Gasteiger partial charge in [-0.15, -0.1) is 0 Å². The number of nitrogens with zero attached hydrogens (tertiary/aromatic N) is 1. The van der Waals surface area contributed by atoms with Crippen molar-refractivity contribution >= 4 is 6.16 Å². The van der Waals surface area contributed by atoms with Gasteiger partial charge in [-0.3, -0.25) is 0 Å². The van der Waals surface area contributed by atoms with Crippen LogP contribution in [0.3, 0.4) is 0 Å². The predicted octanol–water partition coefficient (Wildman–Crippen LogP) is 2.63. The standard InChI is InChI=1S/C11H17NO3/c1-2-14-11(13)15-10(8-12)9-6-4-3-5-7-9/h9-10H,2-7H2,1H3/t10-/m0/s1. The topological polar surface area (TPSA) is 59.3 Å². The second-order valence-electron chi connectivity index (χ2n) is 3.75. The average molecular weight is 211 g/mol. The summed E-state index contributed by atoms with van der Waals surface area (Å²) in [7, 11) is 0. The largest absolute Gasteiger partial charge is 0.509 e. The molecule has 0 N–H and O–H groups in total. The molecule has 0 heterocycles. The van der Waals surface area contributed by atoms with Gasteiger partial charge in [0.1, 0.15) is 6.07 Å². The number of hydrogen-bond acceptors (Lipinski definition) is 4. The molecule has 0 aromatic rings. The molecule has 0 spiro atoms. The molecule has 0 aromatic carbocycles. The quantitative estimate of drug-likeness (QED) is 0.673. The van der Waals surface area contributed by atoms with E-state index in [-0.39, 0.29) is 12.5 Å². The van der Waals surface area contributed by atoms with Gasteiger partial charge in [0, 0.05) is 5.92 Å². The molecule has 1 saturated carbocycles. The Hall–Kier alpha value is -1.24. The maximum Gasteiger partial charge on any atom is 0.509 e. The van der Waals surface area contributed by atoms with Crippen LogP contribution in [-0.2, 0) is 9.47 Å². The van der Waals surface area contributed by atoms with Crippen LogP contribution >= 0.6 is 0 Å². The van der Waals surface area contributed by atoms with Crippen molar-refractivity contribution in [2.45, 2.75) is 45.1 Å². The van der Waals surface area contributed by atoms with Crippen LogP contribution in [0.2, 0.25) is 0 Å². The molecule has 0 aliphatic heterocycles. The van der Waals surface area contributed by atoms with Crippen molar-refractivity contribution in [3.63, 3.8) is 0 Å². The summed E-state index contributed by atoms with van der Waals surface area (Å²) in [6, 6.07) is 2.04. The van der Waals surface area contributed by atoms with Crippen LogP contribution in [-0.4, -0.2) is 18.9 Å². The van der Waals surface area contributed by atoms with E-state index < -0.39 is 12.3 Å². The van der Waals surface area contributed by atoms with Crippen molar-refractivity contribution < 1.29 is 14.3 Å². The molecule has 0 radical (unpaired) electrons. The molecule has 84 valence electrons. The Morgan fingerprint density at radius 3 is 2.67 bits per heavy atom. The molecule has 1 aliphatic carbocycles. The number of carbonyl (C=O) groups is 1. The minimum absolute atomic E-state index is 0.188. The number of carbonyl (C=O) groups excluding carboxylic acids is 1. The zero-order chi connectivity index (χ0) is 11.1. The van der Waals surface area contributed by atoms with Gasteiger partial charge < -0.3 is 9.47 Å². The Morgan fingerprint density at radius 2 is 2.13 bits per heavy atom. The first kappa shape index (κ1) is 11.8. The average Bonchev–Trinajstić information content (AvgIpc) is 2.27. The molecule has 1 rings (SSSR count). The van der Waals surface area contributed by atoms with Gasteiger partial charge in [-0.25, -0.2) is 4.79 Å². The second kappa shape index (κ2) is 6.28. The van der Waals surface area contributed by atoms with Gasteiger partial charge in [-0.05, 0) is 19.8 Å². The molecule has 15 heavy (non-hydrogen) atoms. The van der Waals surface area contributed by atoms with E-state index >= 15 is 0 Å². The van der Waals surface area contributed by atoms with E-state index in [4.69, 9.17) is 10.00 Å². The number of hydrogen-bond donors (Lipinski definition) is 0. The third-order valence-electron chi connectivity index (χ3n) is 2.69. The molecule has 4 heteroatoms. The van der Waals surface area contributed by atoms with Gasteiger partial charge in [0.2, 0.25) is 0 Å². The normalized spacial score (nSPS) is 18.9. The van der Waals surface area contributed by atoms with Gasteiger partial charge in [-0.1, -0.05) is 19.3 Å². The molecule has 1 aliphatic rings. The minimum Gasteiger partial charge on any atom is -0.435 e. The summed E-state index contributed by atoms with van der Waals surface area (Å²) in [6.45, 7) is 1.99. The van der Waals surface area contributed by atoms with Crippen molar-refractivity contribution in [2.75, 3.05) is 6.61 Å². The highest BCUT2D eigenvalue weighted by Crippen LogP contribution is 2.27. The van der Waals surface area contributed by atoms with E-state index in [9.17, 15) is 4.79 Å². The lowest BCUT2D eigenvalue weighted by Crippen LogP contribution is -2.27. The van der Waals surface area contributed by atoms with Crippen LogP contribution < -0.4 is 0 Å². The zero-order valence-electron chi connectivity index (χ0n) is 9.07. The Kier molecular flexibility index (Phi) is 4.96. The Balaban J connectivity index is 2.41. The lowest BCUT2D eigenvalue weighted by Gasteiger charge is -2.24. The fraction of sp³-hybridized carbons (Fsp3) is 0.818. The van der Waals surface area contributed by atoms with E-state index in [0.717, 1.165) is 25.7 Å². The van der Waals surface area contributed by atoms with E-state index in [1.165, 1.54) is 6.42 Å². The molecule has 0 bridgehead atoms. The summed E-state index contributed by atoms with van der Waals surface area (Å²) in [5.41, 5.74) is 0. The molecular weight excluding hydrogens is 194 g/mol. The highest BCUT2D eigenvalue weighted by Gasteiger charge is 2.27. The lowest BCUT2D eigenvalue weighted by molar-refractivity contribution is 0.0188. The third-order valence-corrected chi connectivity index (χ3v) is 2.69. The van der Waals surface area contributed by atoms with Crippen LogP contribution in [0.1, 0.15) is 39.0 Å². The van der Waals surface area contributed by atoms with Gasteiger partial charge in [0.25, 0.3) is 0 Å².